The third-order valence-corrected chi connectivity index (χ3v) is 12.4. The van der Waals surface area contributed by atoms with E-state index in [1.165, 1.54) is 29.2 Å². The molecule has 65 heavy (non-hydrogen) atoms. The lowest BCUT2D eigenvalue weighted by Gasteiger charge is -2.34. The Labute approximate surface area is 378 Å². The molecule has 3 amide bonds. The molecular formula is C57H46N4O4. The third-order valence-electron chi connectivity index (χ3n) is 12.4. The number of ketones is 1. The number of benzene rings is 8. The molecule has 0 heterocycles. The number of Topliss-reactive ketones (excluding diaryl/α,β-unsaturated/α-hetero) is 1. The molecule has 0 fully saturated rings. The highest BCUT2D eigenvalue weighted by atomic mass is 16.2. The van der Waals surface area contributed by atoms with E-state index < -0.39 is 5.41 Å². The normalized spacial score (nSPS) is 12.1. The first-order valence-corrected chi connectivity index (χ1v) is 21.5. The van der Waals surface area contributed by atoms with E-state index in [1.54, 1.807) is 48.5 Å². The molecule has 0 bridgehead atoms. The molecule has 318 valence electrons. The predicted octanol–water partition coefficient (Wildman–Crippen LogP) is 12.3. The van der Waals surface area contributed by atoms with Crippen LogP contribution < -0.4 is 21.3 Å². The van der Waals surface area contributed by atoms with E-state index in [4.69, 9.17) is 0 Å². The van der Waals surface area contributed by atoms with Crippen molar-refractivity contribution in [3.8, 4) is 22.3 Å². The highest BCUT2D eigenvalue weighted by molar-refractivity contribution is 6.08. The SMILES string of the molecule is CNc1ccc(C2(c3ccc(NC(=O)c4ccc(C(=O)Nc5ccc(-c6ccc(NC(=O)c7ccc(C(C)=O)cc7)c(C)c6)cc5C)cc4)cc3)c3ccccc3-c3ccccc32)cc1. The predicted molar refractivity (Wildman–Crippen MR) is 261 cm³/mol. The minimum Gasteiger partial charge on any atom is -0.388 e. The van der Waals surface area contributed by atoms with Crippen LogP contribution in [-0.2, 0) is 5.41 Å². The van der Waals surface area contributed by atoms with Crippen molar-refractivity contribution >= 4 is 46.3 Å². The molecule has 1 aliphatic rings. The minimum atomic E-state index is -0.555. The molecule has 0 saturated heterocycles. The van der Waals surface area contributed by atoms with Gasteiger partial charge in [-0.15, -0.1) is 0 Å². The second-order valence-corrected chi connectivity index (χ2v) is 16.4. The zero-order valence-corrected chi connectivity index (χ0v) is 36.5. The Bertz CT molecular complexity index is 3090. The molecule has 4 N–H and O–H groups in total. The molecule has 0 atom stereocenters. The summed E-state index contributed by atoms with van der Waals surface area (Å²) in [7, 11) is 1.92. The summed E-state index contributed by atoms with van der Waals surface area (Å²) in [6, 6.07) is 58.7. The first kappa shape index (κ1) is 42.0. The summed E-state index contributed by atoms with van der Waals surface area (Å²) in [4.78, 5) is 51.4. The van der Waals surface area contributed by atoms with Crippen molar-refractivity contribution in [1.82, 2.24) is 0 Å². The van der Waals surface area contributed by atoms with Crippen molar-refractivity contribution in [2.75, 3.05) is 28.3 Å². The summed E-state index contributed by atoms with van der Waals surface area (Å²) in [5, 5.41) is 12.3. The number of rotatable bonds is 11. The molecule has 0 unspecified atom stereocenters. The Hall–Kier alpha value is -8.36. The summed E-state index contributed by atoms with van der Waals surface area (Å²) in [5.41, 5.74) is 15.1. The van der Waals surface area contributed by atoms with Gasteiger partial charge in [0.15, 0.2) is 5.78 Å². The first-order valence-electron chi connectivity index (χ1n) is 21.5. The fraction of sp³-hybridized carbons (Fsp3) is 0.0877. The highest BCUT2D eigenvalue weighted by Gasteiger charge is 2.45. The number of carbonyl (C=O) groups is 4. The van der Waals surface area contributed by atoms with Crippen LogP contribution in [0.25, 0.3) is 22.3 Å². The zero-order chi connectivity index (χ0) is 45.2. The maximum Gasteiger partial charge on any atom is 0.255 e. The molecule has 0 aliphatic heterocycles. The Kier molecular flexibility index (Phi) is 11.2. The topological polar surface area (TPSA) is 116 Å². The lowest BCUT2D eigenvalue weighted by molar-refractivity contribution is 0.100. The van der Waals surface area contributed by atoms with Crippen LogP contribution in [0.2, 0.25) is 0 Å². The van der Waals surface area contributed by atoms with E-state index in [0.717, 1.165) is 39.1 Å². The van der Waals surface area contributed by atoms with E-state index in [9.17, 15) is 19.2 Å². The zero-order valence-electron chi connectivity index (χ0n) is 36.5. The molecular weight excluding hydrogens is 805 g/mol. The first-order chi connectivity index (χ1) is 31.5. The number of fused-ring (bicyclic) bond motifs is 3. The van der Waals surface area contributed by atoms with Crippen LogP contribution in [0.3, 0.4) is 0 Å². The maximum atomic E-state index is 13.5. The quantitative estimate of drug-likeness (QED) is 0.0967. The van der Waals surface area contributed by atoms with Crippen LogP contribution >= 0.6 is 0 Å². The monoisotopic (exact) mass is 850 g/mol. The standard InChI is InChI=1S/C57H46N4O4/c1-35-33-42(21-31-52(35)60-55(64)40-15-13-38(14-16-40)37(3)62)43-22-32-53(36(2)34-43)61-56(65)41-19-17-39(18-20-41)54(63)59-47-29-25-45(26-30-47)57(44-23-27-46(58-4)28-24-44)50-11-7-5-9-48(50)49-10-6-8-12-51(49)57/h5-34,58H,1-4H3,(H,59,63)(H,60,64)(H,61,65). The Balaban J connectivity index is 0.861. The smallest absolute Gasteiger partial charge is 0.255 e. The molecule has 8 aromatic rings. The minimum absolute atomic E-state index is 0.0545. The number of anilines is 4. The fourth-order valence-corrected chi connectivity index (χ4v) is 8.90. The lowest BCUT2D eigenvalue weighted by atomic mass is 9.67. The van der Waals surface area contributed by atoms with Crippen molar-refractivity contribution in [2.24, 2.45) is 0 Å². The van der Waals surface area contributed by atoms with Crippen molar-refractivity contribution < 1.29 is 19.2 Å². The molecule has 8 heteroatoms. The third kappa shape index (κ3) is 7.98. The Morgan fingerprint density at radius 1 is 0.415 bits per heavy atom. The van der Waals surface area contributed by atoms with Crippen LogP contribution in [0.15, 0.2) is 182 Å². The van der Waals surface area contributed by atoms with Gasteiger partial charge in [-0.25, -0.2) is 0 Å². The van der Waals surface area contributed by atoms with Gasteiger partial charge in [0, 0.05) is 52.1 Å². The lowest BCUT2D eigenvalue weighted by Crippen LogP contribution is -2.28. The van der Waals surface area contributed by atoms with Crippen LogP contribution in [0.4, 0.5) is 22.7 Å². The number of aryl methyl sites for hydroxylation is 2. The van der Waals surface area contributed by atoms with Gasteiger partial charge in [0.05, 0.1) is 5.41 Å². The van der Waals surface area contributed by atoms with Gasteiger partial charge >= 0.3 is 0 Å². The molecule has 1 aliphatic carbocycles. The molecule has 0 radical (unpaired) electrons. The number of hydrogen-bond donors (Lipinski definition) is 4. The van der Waals surface area contributed by atoms with Crippen LogP contribution in [-0.4, -0.2) is 30.6 Å². The van der Waals surface area contributed by atoms with Crippen LogP contribution in [0.1, 0.15) is 81.7 Å². The van der Waals surface area contributed by atoms with Gasteiger partial charge in [-0.2, -0.15) is 0 Å². The van der Waals surface area contributed by atoms with E-state index in [1.807, 2.05) is 69.4 Å². The van der Waals surface area contributed by atoms with Gasteiger partial charge < -0.3 is 21.3 Å². The summed E-state index contributed by atoms with van der Waals surface area (Å²) in [6.07, 6.45) is 0. The number of carbonyl (C=O) groups excluding carboxylic acids is 4. The van der Waals surface area contributed by atoms with Crippen molar-refractivity contribution in [1.29, 1.82) is 0 Å². The van der Waals surface area contributed by atoms with Crippen LogP contribution in [0.5, 0.6) is 0 Å². The Morgan fingerprint density at radius 2 is 0.800 bits per heavy atom. The van der Waals surface area contributed by atoms with E-state index in [-0.39, 0.29) is 23.5 Å². The molecule has 9 rings (SSSR count). The van der Waals surface area contributed by atoms with Crippen LogP contribution in [0, 0.1) is 13.8 Å². The van der Waals surface area contributed by atoms with Crippen molar-refractivity contribution in [2.45, 2.75) is 26.2 Å². The molecule has 8 aromatic carbocycles. The van der Waals surface area contributed by atoms with Gasteiger partial charge in [0.1, 0.15) is 0 Å². The van der Waals surface area contributed by atoms with Gasteiger partial charge in [0.2, 0.25) is 0 Å². The van der Waals surface area contributed by atoms with Crippen molar-refractivity contribution in [3.05, 3.63) is 238 Å². The molecule has 8 nitrogen and oxygen atoms in total. The van der Waals surface area contributed by atoms with Gasteiger partial charge in [-0.3, -0.25) is 19.2 Å². The average Bonchev–Trinajstić information content (AvgIpc) is 3.64. The molecule has 0 spiro atoms. The van der Waals surface area contributed by atoms with Gasteiger partial charge in [0.25, 0.3) is 17.7 Å². The molecule has 0 aromatic heterocycles. The maximum absolute atomic E-state index is 13.5. The largest absolute Gasteiger partial charge is 0.388 e. The van der Waals surface area contributed by atoms with Gasteiger partial charge in [-0.05, 0) is 161 Å². The second kappa shape index (κ2) is 17.4. The number of nitrogens with one attached hydrogen (secondary N) is 4. The summed E-state index contributed by atoms with van der Waals surface area (Å²) >= 11 is 0. The van der Waals surface area contributed by atoms with Gasteiger partial charge in [-0.1, -0.05) is 97.1 Å². The number of amides is 3. The van der Waals surface area contributed by atoms with Crippen molar-refractivity contribution in [3.63, 3.8) is 0 Å². The number of hydrogen-bond acceptors (Lipinski definition) is 5. The molecule has 0 saturated carbocycles. The summed E-state index contributed by atoms with van der Waals surface area (Å²) < 4.78 is 0. The highest BCUT2D eigenvalue weighted by Crippen LogP contribution is 2.56. The van der Waals surface area contributed by atoms with E-state index >= 15 is 0 Å². The summed E-state index contributed by atoms with van der Waals surface area (Å²) in [6.45, 7) is 5.36. The van der Waals surface area contributed by atoms with E-state index in [0.29, 0.717) is 39.3 Å². The second-order valence-electron chi connectivity index (χ2n) is 16.4. The van der Waals surface area contributed by atoms with E-state index in [2.05, 4.69) is 106 Å². The Morgan fingerprint density at radius 3 is 1.20 bits per heavy atom. The fourth-order valence-electron chi connectivity index (χ4n) is 8.90. The average molecular weight is 851 g/mol. The summed E-state index contributed by atoms with van der Waals surface area (Å²) in [5.74, 6) is -0.886.